The van der Waals surface area contributed by atoms with Crippen molar-refractivity contribution in [2.75, 3.05) is 88.3 Å². The number of urea groups is 2. The van der Waals surface area contributed by atoms with Crippen molar-refractivity contribution in [2.24, 2.45) is 5.73 Å². The van der Waals surface area contributed by atoms with Crippen molar-refractivity contribution in [1.82, 2.24) is 24.9 Å². The van der Waals surface area contributed by atoms with Crippen LogP contribution >= 0.6 is 23.2 Å². The number of amides is 5. The predicted molar refractivity (Wildman–Crippen MR) is 243 cm³/mol. The molecule has 0 aromatic heterocycles. The molecule has 0 saturated carbocycles. The molecule has 2 saturated heterocycles. The number of hydrogen-bond donors (Lipinski definition) is 2. The van der Waals surface area contributed by atoms with Crippen LogP contribution in [0.1, 0.15) is 45.7 Å². The Hall–Kier alpha value is -5.80. The SMILES string of the molecule is CCN1CCN(C(=O)N(Cc2ccc(C(=O)CN)cc2F)c2ccc(F)c(Cl)c2)CC1.CCN1CCN(C(=O)N(Cc2ccc(C(=O)CNC(=O)C(F)(F)F)cc2F)c2ccc(F)c(Cl)c2)CC1. The van der Waals surface area contributed by atoms with E-state index in [1.807, 2.05) is 6.92 Å². The molecule has 4 aromatic carbocycles. The second-order valence-corrected chi connectivity index (χ2v) is 16.4. The number of anilines is 2. The molecule has 13 nitrogen and oxygen atoms in total. The molecule has 6 rings (SSSR count). The predicted octanol–water partition coefficient (Wildman–Crippen LogP) is 7.77. The van der Waals surface area contributed by atoms with Gasteiger partial charge in [-0.25, -0.2) is 27.2 Å². The van der Waals surface area contributed by atoms with Crippen molar-refractivity contribution in [3.05, 3.63) is 128 Å². The molecule has 3 N–H and O–H groups in total. The van der Waals surface area contributed by atoms with Gasteiger partial charge in [0.2, 0.25) is 0 Å². The number of rotatable bonds is 13. The number of benzene rings is 4. The van der Waals surface area contributed by atoms with E-state index in [2.05, 4.69) is 16.7 Å². The van der Waals surface area contributed by atoms with Crippen LogP contribution in [0.3, 0.4) is 0 Å². The third-order valence-electron chi connectivity index (χ3n) is 11.3. The highest BCUT2D eigenvalue weighted by Gasteiger charge is 2.38. The van der Waals surface area contributed by atoms with Crippen LogP contribution in [0, 0.1) is 23.3 Å². The maximum absolute atomic E-state index is 15.0. The van der Waals surface area contributed by atoms with E-state index in [0.717, 1.165) is 44.4 Å². The zero-order valence-corrected chi connectivity index (χ0v) is 38.5. The largest absolute Gasteiger partial charge is 0.471 e. The molecular weight excluding hydrogens is 948 g/mol. The van der Waals surface area contributed by atoms with Gasteiger partial charge in [0.05, 0.1) is 36.2 Å². The molecule has 4 aromatic rings. The highest BCUT2D eigenvalue weighted by molar-refractivity contribution is 6.31. The molecule has 22 heteroatoms. The zero-order chi connectivity index (χ0) is 49.9. The van der Waals surface area contributed by atoms with Crippen LogP contribution in [0.2, 0.25) is 10.0 Å². The monoisotopic (exact) mass is 996 g/mol. The fourth-order valence-corrected chi connectivity index (χ4v) is 7.57. The molecule has 0 spiro atoms. The molecule has 0 unspecified atom stereocenters. The molecule has 68 heavy (non-hydrogen) atoms. The number of nitrogens with two attached hydrogens (primary N) is 1. The lowest BCUT2D eigenvalue weighted by Crippen LogP contribution is -2.52. The Morgan fingerprint density at radius 3 is 1.32 bits per heavy atom. The summed E-state index contributed by atoms with van der Waals surface area (Å²) in [5, 5.41) is 1.08. The maximum Gasteiger partial charge on any atom is 0.471 e. The van der Waals surface area contributed by atoms with Crippen LogP contribution < -0.4 is 20.9 Å². The van der Waals surface area contributed by atoms with Gasteiger partial charge >= 0.3 is 24.1 Å². The number of hydrogen-bond acceptors (Lipinski definition) is 8. The standard InChI is InChI=1S/C24H24ClF5N4O3.C22H25ClF2N4O2/c1-2-32-7-9-33(10-8-32)23(37)34(17-5-6-19(26)18(25)12-17)14-16-4-3-15(11-20(16)27)21(35)13-31-22(36)24(28,29)30;1-2-27-7-9-28(10-8-27)22(31)29(17-5-6-19(24)18(23)12-17)14-16-4-3-15(11-20(16)25)21(30)13-26/h3-6,11-12H,2,7-10,13-14H2,1H3,(H,31,36);3-6,11-12H,2,7-10,13-14,26H2,1H3. The van der Waals surface area contributed by atoms with E-state index in [4.69, 9.17) is 28.9 Å². The number of piperazine rings is 2. The van der Waals surface area contributed by atoms with Gasteiger partial charge in [-0.05, 0) is 61.6 Å². The average Bonchev–Trinajstić information content (AvgIpc) is 3.33. The van der Waals surface area contributed by atoms with Gasteiger partial charge in [0.25, 0.3) is 0 Å². The van der Waals surface area contributed by atoms with Crippen molar-refractivity contribution in [1.29, 1.82) is 0 Å². The minimum absolute atomic E-state index is 0.00290. The number of carbonyl (C=O) groups excluding carboxylic acids is 5. The summed E-state index contributed by atoms with van der Waals surface area (Å²) in [6.45, 7) is 8.91. The van der Waals surface area contributed by atoms with Gasteiger partial charge in [0.15, 0.2) is 11.6 Å². The smallest absolute Gasteiger partial charge is 0.341 e. The number of carbonyl (C=O) groups is 5. The van der Waals surface area contributed by atoms with Crippen molar-refractivity contribution >= 4 is 64.1 Å². The average molecular weight is 998 g/mol. The third kappa shape index (κ3) is 13.9. The van der Waals surface area contributed by atoms with Crippen LogP contribution in [0.4, 0.5) is 51.7 Å². The molecule has 366 valence electrons. The third-order valence-corrected chi connectivity index (χ3v) is 11.9. The van der Waals surface area contributed by atoms with Gasteiger partial charge in [-0.1, -0.05) is 61.3 Å². The van der Waals surface area contributed by atoms with Crippen LogP contribution in [0.25, 0.3) is 0 Å². The highest BCUT2D eigenvalue weighted by atomic mass is 35.5. The number of nitrogens with zero attached hydrogens (tertiary/aromatic N) is 6. The lowest BCUT2D eigenvalue weighted by molar-refractivity contribution is -0.173. The summed E-state index contributed by atoms with van der Waals surface area (Å²) in [6, 6.07) is 14.1. The lowest BCUT2D eigenvalue weighted by atomic mass is 10.1. The Morgan fingerprint density at radius 1 is 0.588 bits per heavy atom. The molecule has 5 amide bonds. The highest BCUT2D eigenvalue weighted by Crippen LogP contribution is 2.29. The maximum atomic E-state index is 15.0. The number of ketones is 2. The molecule has 0 atom stereocenters. The Balaban J connectivity index is 0.000000258. The summed E-state index contributed by atoms with van der Waals surface area (Å²) in [5.41, 5.74) is 6.04. The first-order chi connectivity index (χ1) is 32.2. The van der Waals surface area contributed by atoms with E-state index in [-0.39, 0.29) is 69.4 Å². The molecule has 0 radical (unpaired) electrons. The van der Waals surface area contributed by atoms with Crippen LogP contribution in [0.5, 0.6) is 0 Å². The van der Waals surface area contributed by atoms with E-state index in [1.54, 1.807) is 9.80 Å². The van der Waals surface area contributed by atoms with Gasteiger partial charge in [0.1, 0.15) is 23.3 Å². The number of Topliss-reactive ketones (excluding diaryl/α,β-unsaturated/α-hetero) is 2. The first-order valence-electron chi connectivity index (χ1n) is 21.4. The number of halogens is 9. The van der Waals surface area contributed by atoms with Crippen molar-refractivity contribution < 1.29 is 54.7 Å². The zero-order valence-electron chi connectivity index (χ0n) is 37.0. The van der Waals surface area contributed by atoms with Gasteiger partial charge in [-0.3, -0.25) is 24.2 Å². The summed E-state index contributed by atoms with van der Waals surface area (Å²) >= 11 is 11.8. The topological polar surface area (TPSA) is 143 Å². The molecule has 2 heterocycles. The fraction of sp³-hybridized carbons (Fsp3) is 0.370. The molecule has 0 bridgehead atoms. The number of nitrogens with one attached hydrogen (secondary N) is 1. The summed E-state index contributed by atoms with van der Waals surface area (Å²) < 4.78 is 94.1. The summed E-state index contributed by atoms with van der Waals surface area (Å²) in [7, 11) is 0. The van der Waals surface area contributed by atoms with E-state index in [9.17, 15) is 54.7 Å². The van der Waals surface area contributed by atoms with Gasteiger partial charge in [0, 0.05) is 86.0 Å². The first kappa shape index (κ1) is 53.2. The molecule has 2 aliphatic heterocycles. The van der Waals surface area contributed by atoms with Gasteiger partial charge in [-0.15, -0.1) is 0 Å². The molecule has 0 aliphatic carbocycles. The normalized spacial score (nSPS) is 14.5. The molecule has 2 fully saturated rings. The summed E-state index contributed by atoms with van der Waals surface area (Å²) in [5.74, 6) is -6.42. The van der Waals surface area contributed by atoms with Crippen LogP contribution in [-0.4, -0.2) is 134 Å². The van der Waals surface area contributed by atoms with Gasteiger partial charge in [-0.2, -0.15) is 13.2 Å². The Labute approximate surface area is 398 Å². The first-order valence-corrected chi connectivity index (χ1v) is 22.2. The fourth-order valence-electron chi connectivity index (χ4n) is 7.22. The molecule has 2 aliphatic rings. The number of alkyl halides is 3. The van der Waals surface area contributed by atoms with Crippen molar-refractivity contribution in [3.63, 3.8) is 0 Å². The van der Waals surface area contributed by atoms with Crippen molar-refractivity contribution in [3.8, 4) is 0 Å². The minimum Gasteiger partial charge on any atom is -0.341 e. The quantitative estimate of drug-likeness (QED) is 0.102. The van der Waals surface area contributed by atoms with Crippen LogP contribution in [0.15, 0.2) is 72.8 Å². The molecular formula is C46H49Cl2F7N8O5. The van der Waals surface area contributed by atoms with Gasteiger partial charge < -0.3 is 30.7 Å². The van der Waals surface area contributed by atoms with E-state index >= 15 is 0 Å². The number of likely N-dealkylation sites (N-methyl/N-ethyl adjacent to an activating group) is 2. The van der Waals surface area contributed by atoms with Crippen LogP contribution in [-0.2, 0) is 17.9 Å². The van der Waals surface area contributed by atoms with E-state index in [1.165, 1.54) is 69.7 Å². The lowest BCUT2D eigenvalue weighted by Gasteiger charge is -2.37. The summed E-state index contributed by atoms with van der Waals surface area (Å²) in [4.78, 5) is 71.8. The Morgan fingerprint density at radius 2 is 0.985 bits per heavy atom. The second kappa shape index (κ2) is 24.0. The summed E-state index contributed by atoms with van der Waals surface area (Å²) in [6.07, 6.45) is -5.15. The minimum atomic E-state index is -5.15. The Kier molecular flexibility index (Phi) is 18.7. The van der Waals surface area contributed by atoms with E-state index in [0.29, 0.717) is 45.0 Å². The second-order valence-electron chi connectivity index (χ2n) is 15.6. The Bertz CT molecular complexity index is 2470. The van der Waals surface area contributed by atoms with Crippen molar-refractivity contribution in [2.45, 2.75) is 33.1 Å². The van der Waals surface area contributed by atoms with E-state index < -0.39 is 53.7 Å².